The number of amides is 1. The third-order valence-electron chi connectivity index (χ3n) is 2.99. The molecular weight excluding hydrogens is 206 g/mol. The molecule has 86 valence electrons. The van der Waals surface area contributed by atoms with Crippen LogP contribution >= 0.6 is 0 Å². The number of hydrogen-bond donors (Lipinski definition) is 1. The van der Waals surface area contributed by atoms with Crippen molar-refractivity contribution < 1.29 is 14.6 Å². The first-order chi connectivity index (χ1) is 7.70. The summed E-state index contributed by atoms with van der Waals surface area (Å²) in [6.07, 6.45) is 0.713. The molecule has 0 unspecified atom stereocenters. The number of carbonyl (C=O) groups is 1. The lowest BCUT2D eigenvalue weighted by Gasteiger charge is -2.14. The number of rotatable bonds is 1. The van der Waals surface area contributed by atoms with E-state index in [0.717, 1.165) is 18.6 Å². The number of benzene rings is 1. The fourth-order valence-corrected chi connectivity index (χ4v) is 2.02. The van der Waals surface area contributed by atoms with Crippen LogP contribution in [0.5, 0.6) is 5.75 Å². The van der Waals surface area contributed by atoms with Crippen molar-refractivity contribution in [2.24, 2.45) is 0 Å². The molecule has 1 aliphatic rings. The number of methoxy groups -OCH3 is 1. The van der Waals surface area contributed by atoms with E-state index in [0.29, 0.717) is 13.1 Å². The summed E-state index contributed by atoms with van der Waals surface area (Å²) in [4.78, 5) is 12.3. The van der Waals surface area contributed by atoms with Crippen molar-refractivity contribution in [2.75, 3.05) is 20.2 Å². The second-order valence-electron chi connectivity index (χ2n) is 3.90. The molecule has 0 atom stereocenters. The quantitative estimate of drug-likeness (QED) is 0.786. The first-order valence-corrected chi connectivity index (χ1v) is 5.34. The molecule has 4 heteroatoms. The van der Waals surface area contributed by atoms with Crippen LogP contribution in [-0.4, -0.2) is 36.3 Å². The summed E-state index contributed by atoms with van der Waals surface area (Å²) in [5, 5.41) is 8.94. The van der Waals surface area contributed by atoms with E-state index >= 15 is 0 Å². The summed E-state index contributed by atoms with van der Waals surface area (Å²) < 4.78 is 5.17. The lowest BCUT2D eigenvalue weighted by atomic mass is 10.0. The van der Waals surface area contributed by atoms with Gasteiger partial charge in [-0.2, -0.15) is 0 Å². The van der Waals surface area contributed by atoms with Gasteiger partial charge in [-0.3, -0.25) is 0 Å². The highest BCUT2D eigenvalue weighted by Gasteiger charge is 2.17. The molecule has 0 fully saturated rings. The fraction of sp³-hybridized carbons (Fsp3) is 0.417. The normalized spacial score (nSPS) is 15.2. The van der Waals surface area contributed by atoms with E-state index in [4.69, 9.17) is 9.84 Å². The number of nitrogens with zero attached hydrogens (tertiary/aromatic N) is 1. The van der Waals surface area contributed by atoms with Crippen LogP contribution in [0.2, 0.25) is 0 Å². The summed E-state index contributed by atoms with van der Waals surface area (Å²) in [5.41, 5.74) is 2.42. The van der Waals surface area contributed by atoms with Crippen LogP contribution in [0.1, 0.15) is 11.1 Å². The molecule has 1 N–H and O–H groups in total. The van der Waals surface area contributed by atoms with Crippen LogP contribution in [0, 0.1) is 0 Å². The molecule has 0 saturated heterocycles. The van der Waals surface area contributed by atoms with Crippen molar-refractivity contribution in [3.05, 3.63) is 29.3 Å². The first-order valence-electron chi connectivity index (χ1n) is 5.34. The number of fused-ring (bicyclic) bond motifs is 1. The molecule has 0 bridgehead atoms. The summed E-state index contributed by atoms with van der Waals surface area (Å²) in [6, 6.07) is 5.95. The Hall–Kier alpha value is -1.71. The Bertz CT molecular complexity index is 403. The van der Waals surface area contributed by atoms with Crippen LogP contribution in [0.15, 0.2) is 18.2 Å². The molecule has 1 aromatic carbocycles. The maximum atomic E-state index is 10.9. The van der Waals surface area contributed by atoms with Crippen LogP contribution in [0.3, 0.4) is 0 Å². The Kier molecular flexibility index (Phi) is 2.99. The Labute approximate surface area is 94.4 Å². The van der Waals surface area contributed by atoms with Crippen molar-refractivity contribution in [3.8, 4) is 5.75 Å². The zero-order chi connectivity index (χ0) is 11.5. The van der Waals surface area contributed by atoms with Gasteiger partial charge in [0.1, 0.15) is 5.75 Å². The van der Waals surface area contributed by atoms with Gasteiger partial charge in [0.15, 0.2) is 0 Å². The zero-order valence-electron chi connectivity index (χ0n) is 9.27. The maximum Gasteiger partial charge on any atom is 0.407 e. The molecule has 1 aliphatic heterocycles. The third kappa shape index (κ3) is 2.10. The van der Waals surface area contributed by atoms with E-state index in [-0.39, 0.29) is 0 Å². The number of carboxylic acid groups (broad SMARTS) is 1. The van der Waals surface area contributed by atoms with Gasteiger partial charge in [-0.25, -0.2) is 4.79 Å². The molecule has 0 spiro atoms. The van der Waals surface area contributed by atoms with Crippen molar-refractivity contribution in [1.29, 1.82) is 0 Å². The number of ether oxygens (including phenoxy) is 1. The first kappa shape index (κ1) is 10.8. The van der Waals surface area contributed by atoms with E-state index in [2.05, 4.69) is 0 Å². The molecule has 4 nitrogen and oxygen atoms in total. The minimum absolute atomic E-state index is 0.565. The smallest absolute Gasteiger partial charge is 0.407 e. The Morgan fingerprint density at radius 2 is 2.00 bits per heavy atom. The summed E-state index contributed by atoms with van der Waals surface area (Å²) in [7, 11) is 1.64. The highest BCUT2D eigenvalue weighted by atomic mass is 16.5. The van der Waals surface area contributed by atoms with Gasteiger partial charge in [0.25, 0.3) is 0 Å². The molecule has 0 saturated carbocycles. The minimum atomic E-state index is -0.834. The van der Waals surface area contributed by atoms with E-state index in [9.17, 15) is 4.79 Å². The van der Waals surface area contributed by atoms with Gasteiger partial charge in [-0.15, -0.1) is 0 Å². The molecule has 0 radical (unpaired) electrons. The van der Waals surface area contributed by atoms with Crippen LogP contribution < -0.4 is 4.74 Å². The Morgan fingerprint density at radius 3 is 2.62 bits per heavy atom. The second kappa shape index (κ2) is 4.43. The molecule has 1 aromatic rings. The molecule has 0 aromatic heterocycles. The highest BCUT2D eigenvalue weighted by Crippen LogP contribution is 2.21. The third-order valence-corrected chi connectivity index (χ3v) is 2.99. The lowest BCUT2D eigenvalue weighted by Crippen LogP contribution is -2.31. The molecule has 1 amide bonds. The van der Waals surface area contributed by atoms with E-state index < -0.39 is 6.09 Å². The number of hydrogen-bond acceptors (Lipinski definition) is 2. The standard InChI is InChI=1S/C12H15NO3/c1-16-11-3-2-9-4-6-13(12(14)15)7-5-10(9)8-11/h2-3,8H,4-7H2,1H3,(H,14,15). The minimum Gasteiger partial charge on any atom is -0.497 e. The summed E-state index contributed by atoms with van der Waals surface area (Å²) in [6.45, 7) is 1.14. The van der Waals surface area contributed by atoms with E-state index in [1.165, 1.54) is 16.0 Å². The lowest BCUT2D eigenvalue weighted by molar-refractivity contribution is 0.147. The summed E-state index contributed by atoms with van der Waals surface area (Å²) >= 11 is 0. The monoisotopic (exact) mass is 221 g/mol. The van der Waals surface area contributed by atoms with Crippen molar-refractivity contribution >= 4 is 6.09 Å². The van der Waals surface area contributed by atoms with Crippen molar-refractivity contribution in [3.63, 3.8) is 0 Å². The second-order valence-corrected chi connectivity index (χ2v) is 3.90. The van der Waals surface area contributed by atoms with E-state index in [1.807, 2.05) is 18.2 Å². The summed E-state index contributed by atoms with van der Waals surface area (Å²) in [5.74, 6) is 0.836. The predicted molar refractivity (Wildman–Crippen MR) is 60.0 cm³/mol. The molecular formula is C12H15NO3. The molecule has 2 rings (SSSR count). The predicted octanol–water partition coefficient (Wildman–Crippen LogP) is 1.77. The van der Waals surface area contributed by atoms with Gasteiger partial charge in [-0.1, -0.05) is 6.07 Å². The molecule has 0 aliphatic carbocycles. The Morgan fingerprint density at radius 1 is 1.31 bits per heavy atom. The van der Waals surface area contributed by atoms with Gasteiger partial charge in [0, 0.05) is 13.1 Å². The van der Waals surface area contributed by atoms with Crippen molar-refractivity contribution in [1.82, 2.24) is 4.90 Å². The zero-order valence-corrected chi connectivity index (χ0v) is 9.27. The average molecular weight is 221 g/mol. The van der Waals surface area contributed by atoms with E-state index in [1.54, 1.807) is 7.11 Å². The van der Waals surface area contributed by atoms with Crippen LogP contribution in [0.25, 0.3) is 0 Å². The van der Waals surface area contributed by atoms with Gasteiger partial charge < -0.3 is 14.7 Å². The SMILES string of the molecule is COc1ccc2c(c1)CCN(C(=O)O)CC2. The molecule has 1 heterocycles. The van der Waals surface area contributed by atoms with Gasteiger partial charge in [-0.05, 0) is 36.1 Å². The largest absolute Gasteiger partial charge is 0.497 e. The Balaban J connectivity index is 2.20. The van der Waals surface area contributed by atoms with Crippen LogP contribution in [0.4, 0.5) is 4.79 Å². The molecule has 16 heavy (non-hydrogen) atoms. The maximum absolute atomic E-state index is 10.9. The van der Waals surface area contributed by atoms with Gasteiger partial charge in [0.2, 0.25) is 0 Å². The van der Waals surface area contributed by atoms with Gasteiger partial charge in [0.05, 0.1) is 7.11 Å². The topological polar surface area (TPSA) is 49.8 Å². The van der Waals surface area contributed by atoms with Gasteiger partial charge >= 0.3 is 6.09 Å². The average Bonchev–Trinajstić information content (AvgIpc) is 2.50. The van der Waals surface area contributed by atoms with Crippen LogP contribution in [-0.2, 0) is 12.8 Å². The van der Waals surface area contributed by atoms with Crippen molar-refractivity contribution in [2.45, 2.75) is 12.8 Å². The fourth-order valence-electron chi connectivity index (χ4n) is 2.02. The highest BCUT2D eigenvalue weighted by molar-refractivity contribution is 5.65.